The Hall–Kier alpha value is -1.66. The summed E-state index contributed by atoms with van der Waals surface area (Å²) in [7, 11) is 1.44. The number of amidine groups is 1. The monoisotopic (exact) mass is 172 g/mol. The molecular weight excluding hydrogens is 164 g/mol. The maximum atomic E-state index is 10.8. The molecule has 1 unspecified atom stereocenters. The van der Waals surface area contributed by atoms with Crippen LogP contribution in [0, 0.1) is 15.5 Å². The van der Waals surface area contributed by atoms with E-state index >= 15 is 0 Å². The van der Waals surface area contributed by atoms with Gasteiger partial charge in [0.1, 0.15) is 0 Å². The van der Waals surface area contributed by atoms with E-state index in [0.717, 1.165) is 0 Å². The van der Waals surface area contributed by atoms with Crippen LogP contribution in [0.15, 0.2) is 0 Å². The number of nitrogens with one attached hydrogen (secondary N) is 2. The molecule has 0 spiro atoms. The van der Waals surface area contributed by atoms with Gasteiger partial charge in [0.05, 0.1) is 6.54 Å². The molecule has 0 radical (unpaired) electrons. The lowest BCUT2D eigenvalue weighted by Crippen LogP contribution is -2.57. The Morgan fingerprint density at radius 3 is 2.92 bits per heavy atom. The average Bonchev–Trinajstić information content (AvgIpc) is 1.96. The number of urea groups is 1. The fourth-order valence-electron chi connectivity index (χ4n) is 0.900. The molecular formula is C5H8N4O3. The smallest absolute Gasteiger partial charge is 0.320 e. The van der Waals surface area contributed by atoms with E-state index in [9.17, 15) is 14.9 Å². The number of hydrogen-bond donors (Lipinski definition) is 2. The molecule has 7 heteroatoms. The van der Waals surface area contributed by atoms with E-state index in [1.807, 2.05) is 0 Å². The second-order valence-electron chi connectivity index (χ2n) is 2.53. The molecule has 1 aliphatic heterocycles. The van der Waals surface area contributed by atoms with E-state index in [1.165, 1.54) is 11.9 Å². The normalized spacial score (nSPS) is 23.8. The average molecular weight is 172 g/mol. The van der Waals surface area contributed by atoms with E-state index in [2.05, 4.69) is 5.32 Å². The number of carbonyl (C=O) groups excluding carboxylic acids is 1. The number of hydrogen-bond acceptors (Lipinski definition) is 4. The first-order valence-corrected chi connectivity index (χ1v) is 3.26. The van der Waals surface area contributed by atoms with Crippen LogP contribution in [0.1, 0.15) is 0 Å². The van der Waals surface area contributed by atoms with Crippen LogP contribution in [0.3, 0.4) is 0 Å². The molecule has 1 heterocycles. The Bertz CT molecular complexity index is 251. The summed E-state index contributed by atoms with van der Waals surface area (Å²) in [5.74, 6) is -0.344. The number of amides is 2. The van der Waals surface area contributed by atoms with Crippen molar-refractivity contribution in [1.82, 2.24) is 10.2 Å². The van der Waals surface area contributed by atoms with Crippen molar-refractivity contribution in [3.8, 4) is 0 Å². The fourth-order valence-corrected chi connectivity index (χ4v) is 0.900. The summed E-state index contributed by atoms with van der Waals surface area (Å²) in [5.41, 5.74) is 0. The third-order valence-electron chi connectivity index (χ3n) is 1.62. The lowest BCUT2D eigenvalue weighted by atomic mass is 10.2. The highest BCUT2D eigenvalue weighted by atomic mass is 16.6. The molecule has 2 N–H and O–H groups in total. The minimum atomic E-state index is -1.12. The number of rotatable bonds is 1. The number of likely N-dealkylation sites (N-methyl/N-ethyl adjacent to an activating group) is 1. The maximum Gasteiger partial charge on any atom is 0.322 e. The van der Waals surface area contributed by atoms with Crippen molar-refractivity contribution >= 4 is 11.9 Å². The van der Waals surface area contributed by atoms with Crippen LogP contribution in [0.4, 0.5) is 4.79 Å². The van der Waals surface area contributed by atoms with Crippen LogP contribution >= 0.6 is 0 Å². The molecule has 1 atom stereocenters. The van der Waals surface area contributed by atoms with Crippen LogP contribution in [-0.4, -0.2) is 41.3 Å². The van der Waals surface area contributed by atoms with Crippen LogP contribution in [0.5, 0.6) is 0 Å². The van der Waals surface area contributed by atoms with Gasteiger partial charge in [-0.1, -0.05) is 0 Å². The summed E-state index contributed by atoms with van der Waals surface area (Å²) in [6.07, 6.45) is 0. The van der Waals surface area contributed by atoms with Crippen molar-refractivity contribution in [3.05, 3.63) is 10.1 Å². The summed E-state index contributed by atoms with van der Waals surface area (Å²) in [5, 5.41) is 19.5. The van der Waals surface area contributed by atoms with E-state index in [1.54, 1.807) is 0 Å². The van der Waals surface area contributed by atoms with Gasteiger partial charge in [-0.3, -0.25) is 20.8 Å². The lowest BCUT2D eigenvalue weighted by molar-refractivity contribution is -0.503. The van der Waals surface area contributed by atoms with Crippen LogP contribution < -0.4 is 5.32 Å². The highest BCUT2D eigenvalue weighted by molar-refractivity contribution is 6.00. The number of nitro groups is 1. The molecule has 2 amide bonds. The van der Waals surface area contributed by atoms with Gasteiger partial charge in [-0.05, 0) is 0 Å². The third kappa shape index (κ3) is 1.34. The van der Waals surface area contributed by atoms with Gasteiger partial charge in [0, 0.05) is 12.0 Å². The molecule has 0 bridgehead atoms. The Kier molecular flexibility index (Phi) is 1.94. The van der Waals surface area contributed by atoms with Gasteiger partial charge in [-0.2, -0.15) is 0 Å². The molecule has 0 aromatic heterocycles. The van der Waals surface area contributed by atoms with Crippen molar-refractivity contribution < 1.29 is 9.72 Å². The van der Waals surface area contributed by atoms with Gasteiger partial charge in [-0.15, -0.1) is 0 Å². The van der Waals surface area contributed by atoms with Gasteiger partial charge >= 0.3 is 6.03 Å². The first kappa shape index (κ1) is 8.44. The topological polar surface area (TPSA) is 99.3 Å². The van der Waals surface area contributed by atoms with Crippen molar-refractivity contribution in [2.45, 2.75) is 6.04 Å². The van der Waals surface area contributed by atoms with Crippen molar-refractivity contribution in [2.75, 3.05) is 13.6 Å². The van der Waals surface area contributed by atoms with E-state index < -0.39 is 17.0 Å². The van der Waals surface area contributed by atoms with Crippen molar-refractivity contribution in [1.29, 1.82) is 5.41 Å². The van der Waals surface area contributed by atoms with Crippen molar-refractivity contribution in [2.24, 2.45) is 0 Å². The van der Waals surface area contributed by atoms with E-state index in [-0.39, 0.29) is 12.4 Å². The molecule has 1 aliphatic rings. The quantitative estimate of drug-likeness (QED) is 0.402. The fraction of sp³-hybridized carbons (Fsp3) is 0.600. The van der Waals surface area contributed by atoms with Gasteiger partial charge in [-0.25, -0.2) is 4.79 Å². The molecule has 1 rings (SSSR count). The van der Waals surface area contributed by atoms with E-state index in [0.29, 0.717) is 0 Å². The Labute approximate surface area is 68.0 Å². The standard InChI is InChI=1S/C5H8N4O3/c1-8-2-3(9(11)12)4(6)7-5(8)10/h3H,2H2,1H3,(H2,6,7,10). The van der Waals surface area contributed by atoms with Gasteiger partial charge in [0.25, 0.3) is 6.04 Å². The summed E-state index contributed by atoms with van der Waals surface area (Å²) in [4.78, 5) is 21.7. The van der Waals surface area contributed by atoms with Crippen LogP contribution in [0.2, 0.25) is 0 Å². The Balaban J connectivity index is 2.74. The molecule has 66 valence electrons. The SMILES string of the molecule is CN1CC([N+](=O)[O-])C(=N)NC1=O. The zero-order valence-electron chi connectivity index (χ0n) is 6.40. The molecule has 0 aromatic rings. The van der Waals surface area contributed by atoms with Gasteiger partial charge in [0.15, 0.2) is 5.84 Å². The second-order valence-corrected chi connectivity index (χ2v) is 2.53. The highest BCUT2D eigenvalue weighted by Crippen LogP contribution is 2.01. The first-order chi connectivity index (χ1) is 5.52. The molecule has 0 aromatic carbocycles. The summed E-state index contributed by atoms with van der Waals surface area (Å²) < 4.78 is 0. The van der Waals surface area contributed by atoms with Crippen molar-refractivity contribution in [3.63, 3.8) is 0 Å². The van der Waals surface area contributed by atoms with Crippen LogP contribution in [-0.2, 0) is 0 Å². The predicted molar refractivity (Wildman–Crippen MR) is 39.7 cm³/mol. The summed E-state index contributed by atoms with van der Waals surface area (Å²) in [6.45, 7) is -0.0440. The van der Waals surface area contributed by atoms with E-state index in [4.69, 9.17) is 5.41 Å². The summed E-state index contributed by atoms with van der Waals surface area (Å²) >= 11 is 0. The van der Waals surface area contributed by atoms with Crippen LogP contribution in [0.25, 0.3) is 0 Å². The van der Waals surface area contributed by atoms with Gasteiger partial charge in [0.2, 0.25) is 0 Å². The Morgan fingerprint density at radius 1 is 1.83 bits per heavy atom. The number of carbonyl (C=O) groups is 1. The predicted octanol–water partition coefficient (Wildman–Crippen LogP) is -0.736. The minimum absolute atomic E-state index is 0.0440. The molecule has 0 aliphatic carbocycles. The lowest BCUT2D eigenvalue weighted by Gasteiger charge is -2.25. The minimum Gasteiger partial charge on any atom is -0.320 e. The molecule has 7 nitrogen and oxygen atoms in total. The maximum absolute atomic E-state index is 10.8. The second kappa shape index (κ2) is 2.76. The molecule has 1 fully saturated rings. The largest absolute Gasteiger partial charge is 0.322 e. The third-order valence-corrected chi connectivity index (χ3v) is 1.62. The zero-order valence-corrected chi connectivity index (χ0v) is 6.40. The molecule has 12 heavy (non-hydrogen) atoms. The molecule has 1 saturated heterocycles. The first-order valence-electron chi connectivity index (χ1n) is 3.26. The number of nitrogens with zero attached hydrogens (tertiary/aromatic N) is 2. The molecule has 0 saturated carbocycles. The zero-order chi connectivity index (χ0) is 9.30. The van der Waals surface area contributed by atoms with Gasteiger partial charge < -0.3 is 4.90 Å². The Morgan fingerprint density at radius 2 is 2.42 bits per heavy atom. The highest BCUT2D eigenvalue weighted by Gasteiger charge is 2.35. The summed E-state index contributed by atoms with van der Waals surface area (Å²) in [6, 6.07) is -1.59.